The number of nitrogens with two attached hydrogens (primary N) is 1. The molecule has 1 aromatic carbocycles. The van der Waals surface area contributed by atoms with Crippen LogP contribution in [0.2, 0.25) is 0 Å². The van der Waals surface area contributed by atoms with Crippen LogP contribution in [0.15, 0.2) is 36.4 Å². The zero-order valence-electron chi connectivity index (χ0n) is 11.9. The van der Waals surface area contributed by atoms with E-state index in [1.807, 2.05) is 30.3 Å². The van der Waals surface area contributed by atoms with Crippen molar-refractivity contribution in [3.63, 3.8) is 0 Å². The summed E-state index contributed by atoms with van der Waals surface area (Å²) in [4.78, 5) is 15.5. The number of nitrogen functional groups attached to an aromatic ring is 1. The van der Waals surface area contributed by atoms with E-state index >= 15 is 0 Å². The maximum Gasteiger partial charge on any atom is 0.378 e. The van der Waals surface area contributed by atoms with Gasteiger partial charge in [-0.15, -0.1) is 5.10 Å². The van der Waals surface area contributed by atoms with Crippen LogP contribution in [-0.2, 0) is 4.74 Å². The molecule has 22 heavy (non-hydrogen) atoms. The minimum atomic E-state index is -0.619. The van der Waals surface area contributed by atoms with Crippen molar-refractivity contribution in [2.45, 2.75) is 6.92 Å². The lowest BCUT2D eigenvalue weighted by Crippen LogP contribution is -2.07. The number of carbonyl (C=O) groups excluding carboxylic acids is 1. The summed E-state index contributed by atoms with van der Waals surface area (Å²) in [5.74, 6) is -0.205. The SMILES string of the molecule is CCOC(=O)c1nc(N)n(-c2cc(-c3ccccc3)[nH]n2)n1. The molecule has 3 rings (SSSR count). The average molecular weight is 298 g/mol. The number of benzene rings is 1. The van der Waals surface area contributed by atoms with Crippen LogP contribution in [0.3, 0.4) is 0 Å². The van der Waals surface area contributed by atoms with E-state index in [0.717, 1.165) is 11.3 Å². The van der Waals surface area contributed by atoms with Crippen LogP contribution < -0.4 is 5.73 Å². The molecule has 112 valence electrons. The molecule has 0 spiro atoms. The first-order chi connectivity index (χ1) is 10.7. The number of esters is 1. The molecule has 0 unspecified atom stereocenters. The van der Waals surface area contributed by atoms with E-state index in [9.17, 15) is 4.79 Å². The molecule has 0 saturated carbocycles. The largest absolute Gasteiger partial charge is 0.460 e. The number of nitrogens with zero attached hydrogens (tertiary/aromatic N) is 4. The van der Waals surface area contributed by atoms with Gasteiger partial charge in [0.15, 0.2) is 5.82 Å². The number of hydrogen-bond donors (Lipinski definition) is 2. The molecule has 0 aliphatic rings. The van der Waals surface area contributed by atoms with E-state index in [2.05, 4.69) is 20.3 Å². The van der Waals surface area contributed by atoms with Crippen LogP contribution in [0.5, 0.6) is 0 Å². The molecule has 0 aliphatic carbocycles. The Kier molecular flexibility index (Phi) is 3.57. The van der Waals surface area contributed by atoms with Gasteiger partial charge in [-0.05, 0) is 12.5 Å². The lowest BCUT2D eigenvalue weighted by atomic mass is 10.2. The Morgan fingerprint density at radius 1 is 1.36 bits per heavy atom. The summed E-state index contributed by atoms with van der Waals surface area (Å²) in [5, 5.41) is 11.1. The van der Waals surface area contributed by atoms with E-state index in [1.54, 1.807) is 13.0 Å². The van der Waals surface area contributed by atoms with E-state index < -0.39 is 5.97 Å². The van der Waals surface area contributed by atoms with E-state index in [1.165, 1.54) is 4.68 Å². The normalized spacial score (nSPS) is 10.6. The van der Waals surface area contributed by atoms with Gasteiger partial charge in [-0.3, -0.25) is 5.10 Å². The zero-order valence-corrected chi connectivity index (χ0v) is 11.9. The van der Waals surface area contributed by atoms with Crippen molar-refractivity contribution in [1.29, 1.82) is 0 Å². The van der Waals surface area contributed by atoms with Crippen molar-refractivity contribution in [3.05, 3.63) is 42.2 Å². The third-order valence-corrected chi connectivity index (χ3v) is 2.96. The average Bonchev–Trinajstić information content (AvgIpc) is 3.15. The minimum absolute atomic E-state index is 0.0640. The maximum atomic E-state index is 11.6. The summed E-state index contributed by atoms with van der Waals surface area (Å²) in [7, 11) is 0. The van der Waals surface area contributed by atoms with Crippen LogP contribution in [-0.4, -0.2) is 37.5 Å². The van der Waals surface area contributed by atoms with Crippen molar-refractivity contribution in [1.82, 2.24) is 25.0 Å². The van der Waals surface area contributed by atoms with Gasteiger partial charge in [0, 0.05) is 6.07 Å². The minimum Gasteiger partial charge on any atom is -0.460 e. The quantitative estimate of drug-likeness (QED) is 0.704. The smallest absolute Gasteiger partial charge is 0.378 e. The number of hydrogen-bond acceptors (Lipinski definition) is 6. The molecule has 3 N–H and O–H groups in total. The molecule has 0 atom stereocenters. The summed E-state index contributed by atoms with van der Waals surface area (Å²) < 4.78 is 6.13. The van der Waals surface area contributed by atoms with Crippen molar-refractivity contribution >= 4 is 11.9 Å². The molecule has 8 heteroatoms. The third-order valence-electron chi connectivity index (χ3n) is 2.96. The van der Waals surface area contributed by atoms with Gasteiger partial charge in [-0.2, -0.15) is 14.8 Å². The molecule has 2 aromatic heterocycles. The first-order valence-electron chi connectivity index (χ1n) is 6.70. The highest BCUT2D eigenvalue weighted by Crippen LogP contribution is 2.19. The van der Waals surface area contributed by atoms with Crippen molar-refractivity contribution < 1.29 is 9.53 Å². The number of H-pyrrole nitrogens is 1. The van der Waals surface area contributed by atoms with Crippen molar-refractivity contribution in [2.24, 2.45) is 0 Å². The summed E-state index contributed by atoms with van der Waals surface area (Å²) in [5.41, 5.74) is 7.57. The molecule has 3 aromatic rings. The second kappa shape index (κ2) is 5.68. The van der Waals surface area contributed by atoms with E-state index in [-0.39, 0.29) is 18.4 Å². The van der Waals surface area contributed by atoms with E-state index in [0.29, 0.717) is 5.82 Å². The fourth-order valence-electron chi connectivity index (χ4n) is 1.96. The lowest BCUT2D eigenvalue weighted by Gasteiger charge is -1.96. The predicted octanol–water partition coefficient (Wildman–Crippen LogP) is 1.42. The fourth-order valence-corrected chi connectivity index (χ4v) is 1.96. The van der Waals surface area contributed by atoms with Crippen LogP contribution in [0.4, 0.5) is 5.95 Å². The predicted molar refractivity (Wildman–Crippen MR) is 79.3 cm³/mol. The third kappa shape index (κ3) is 2.53. The Morgan fingerprint density at radius 2 is 2.14 bits per heavy atom. The highest BCUT2D eigenvalue weighted by atomic mass is 16.5. The number of carbonyl (C=O) groups is 1. The highest BCUT2D eigenvalue weighted by molar-refractivity contribution is 5.85. The van der Waals surface area contributed by atoms with E-state index in [4.69, 9.17) is 10.5 Å². The standard InChI is InChI=1S/C14H14N6O2/c1-2-22-13(21)12-16-14(15)20(19-12)11-8-10(17-18-11)9-6-4-3-5-7-9/h3-8H,2H2,1H3,(H,17,18)(H2,15,16,19). The van der Waals surface area contributed by atoms with Gasteiger partial charge in [-0.25, -0.2) is 4.79 Å². The number of anilines is 1. The van der Waals surface area contributed by atoms with Gasteiger partial charge in [-0.1, -0.05) is 30.3 Å². The number of nitrogens with one attached hydrogen (secondary N) is 1. The van der Waals surface area contributed by atoms with Gasteiger partial charge in [0.2, 0.25) is 5.95 Å². The first kappa shape index (κ1) is 13.8. The molecule has 0 radical (unpaired) electrons. The lowest BCUT2D eigenvalue weighted by molar-refractivity contribution is 0.0512. The van der Waals surface area contributed by atoms with Crippen LogP contribution in [0.25, 0.3) is 17.1 Å². The fraction of sp³-hybridized carbons (Fsp3) is 0.143. The van der Waals surface area contributed by atoms with Crippen LogP contribution in [0, 0.1) is 0 Å². The number of ether oxygens (including phenoxy) is 1. The van der Waals surface area contributed by atoms with Crippen molar-refractivity contribution in [3.8, 4) is 17.1 Å². The van der Waals surface area contributed by atoms with Gasteiger partial charge in [0.1, 0.15) is 0 Å². The molecule has 0 saturated heterocycles. The summed E-state index contributed by atoms with van der Waals surface area (Å²) in [6.45, 7) is 1.95. The topological polar surface area (TPSA) is 112 Å². The van der Waals surface area contributed by atoms with Gasteiger partial charge < -0.3 is 10.5 Å². The molecule has 8 nitrogen and oxygen atoms in total. The Morgan fingerprint density at radius 3 is 2.86 bits per heavy atom. The number of rotatable bonds is 4. The Labute approximate surface area is 125 Å². The maximum absolute atomic E-state index is 11.6. The molecule has 0 amide bonds. The molecular weight excluding hydrogens is 284 g/mol. The van der Waals surface area contributed by atoms with Gasteiger partial charge in [0.25, 0.3) is 5.82 Å². The monoisotopic (exact) mass is 298 g/mol. The zero-order chi connectivity index (χ0) is 15.5. The second-order valence-electron chi connectivity index (χ2n) is 4.43. The summed E-state index contributed by atoms with van der Waals surface area (Å²) >= 11 is 0. The van der Waals surface area contributed by atoms with Crippen LogP contribution in [0.1, 0.15) is 17.5 Å². The van der Waals surface area contributed by atoms with Crippen LogP contribution >= 0.6 is 0 Å². The molecular formula is C14H14N6O2. The Bertz CT molecular complexity index is 793. The van der Waals surface area contributed by atoms with Gasteiger partial charge >= 0.3 is 5.97 Å². The molecule has 2 heterocycles. The van der Waals surface area contributed by atoms with Gasteiger partial charge in [0.05, 0.1) is 12.3 Å². The molecule has 0 aliphatic heterocycles. The summed E-state index contributed by atoms with van der Waals surface area (Å²) in [6, 6.07) is 11.5. The summed E-state index contributed by atoms with van der Waals surface area (Å²) in [6.07, 6.45) is 0. The Hall–Kier alpha value is -3.16. The number of aromatic amines is 1. The Balaban J connectivity index is 1.92. The first-order valence-corrected chi connectivity index (χ1v) is 6.70. The van der Waals surface area contributed by atoms with Crippen molar-refractivity contribution in [2.75, 3.05) is 12.3 Å². The highest BCUT2D eigenvalue weighted by Gasteiger charge is 2.18. The molecule has 0 fully saturated rings. The number of aromatic nitrogens is 5. The second-order valence-corrected chi connectivity index (χ2v) is 4.43. The molecule has 0 bridgehead atoms.